The lowest BCUT2D eigenvalue weighted by atomic mass is 9.78. The van der Waals surface area contributed by atoms with Crippen LogP contribution in [0, 0.1) is 0 Å². The quantitative estimate of drug-likeness (QED) is 0.0158. The molecule has 426 valence electrons. The van der Waals surface area contributed by atoms with Crippen LogP contribution in [-0.2, 0) is 30.5 Å². The van der Waals surface area contributed by atoms with Gasteiger partial charge in [0.25, 0.3) is 0 Å². The van der Waals surface area contributed by atoms with Gasteiger partial charge in [0.05, 0.1) is 40.1 Å². The lowest BCUT2D eigenvalue weighted by Crippen LogP contribution is -2.26. The summed E-state index contributed by atoms with van der Waals surface area (Å²) in [4.78, 5) is 16.2. The van der Waals surface area contributed by atoms with E-state index in [1.54, 1.807) is 0 Å². The molecule has 5 aromatic rings. The number of anilines is 3. The number of benzene rings is 5. The van der Waals surface area contributed by atoms with Crippen molar-refractivity contribution in [3.05, 3.63) is 178 Å². The van der Waals surface area contributed by atoms with Crippen molar-refractivity contribution in [2.24, 2.45) is 0 Å². The molecular formula is C72H93N2O6+. The largest absolute Gasteiger partial charge is 0.507 e. The molecule has 7 rings (SSSR count). The maximum atomic E-state index is 14.3. The van der Waals surface area contributed by atoms with E-state index in [2.05, 4.69) is 125 Å². The standard InChI is InChI=1S/C72H92N2O6/c1-5-9-13-17-21-25-29-53-33-41-57(42-34-53)73(58-43-35-54(36-44-58)30-26-22-18-14-10-6-2)61-49-63(75)67(64(76)50-61)69-71(79)70(72(69)80)68-65(77)51-62(52-66(68)78)74(59-45-37-55(38-46-59)31-27-23-19-15-11-7-3)60-47-39-56(40-48-60)32-28-24-20-16-12-8-4/h33-52H,5-32H2,1-4H3,(H4,75,76,77,78,79,80)/p+1. The van der Waals surface area contributed by atoms with Gasteiger partial charge in [-0.15, -0.1) is 0 Å². The van der Waals surface area contributed by atoms with Crippen LogP contribution in [0.4, 0.5) is 28.4 Å². The number of aromatic hydroxyl groups is 2. The number of phenols is 2. The Morgan fingerprint density at radius 1 is 0.362 bits per heavy atom. The Kier molecular flexibility index (Phi) is 24.2. The van der Waals surface area contributed by atoms with Gasteiger partial charge in [0, 0.05) is 47.8 Å². The monoisotopic (exact) mass is 1080 g/mol. The first-order valence-corrected chi connectivity index (χ1v) is 31.0. The van der Waals surface area contributed by atoms with Crippen molar-refractivity contribution in [1.29, 1.82) is 0 Å². The van der Waals surface area contributed by atoms with E-state index in [9.17, 15) is 30.3 Å². The highest BCUT2D eigenvalue weighted by Crippen LogP contribution is 2.49. The third-order valence-electron chi connectivity index (χ3n) is 16.2. The topological polar surface area (TPSA) is 124 Å². The molecule has 80 heavy (non-hydrogen) atoms. The minimum Gasteiger partial charge on any atom is -0.507 e. The highest BCUT2D eigenvalue weighted by molar-refractivity contribution is 6.40. The van der Waals surface area contributed by atoms with Crippen molar-refractivity contribution < 1.29 is 30.3 Å². The van der Waals surface area contributed by atoms with E-state index >= 15 is 0 Å². The van der Waals surface area contributed by atoms with Gasteiger partial charge in [-0.25, -0.2) is 0 Å². The second-order valence-electron chi connectivity index (χ2n) is 22.6. The summed E-state index contributed by atoms with van der Waals surface area (Å²) in [5.74, 6) is -2.93. The highest BCUT2D eigenvalue weighted by atomic mass is 16.3. The predicted molar refractivity (Wildman–Crippen MR) is 335 cm³/mol. The first kappa shape index (κ1) is 60.8. The van der Waals surface area contributed by atoms with Crippen molar-refractivity contribution in [2.75, 3.05) is 4.90 Å². The van der Waals surface area contributed by atoms with Crippen LogP contribution in [0.2, 0.25) is 0 Å². The molecule has 2 aliphatic rings. The number of hydrogen-bond donors (Lipinski definition) is 5. The molecule has 0 saturated heterocycles. The Morgan fingerprint density at radius 2 is 0.675 bits per heavy atom. The van der Waals surface area contributed by atoms with Gasteiger partial charge in [-0.1, -0.05) is 205 Å². The summed E-state index contributed by atoms with van der Waals surface area (Å²) in [6.45, 7) is 8.94. The highest BCUT2D eigenvalue weighted by Gasteiger charge is 2.43. The zero-order valence-corrected chi connectivity index (χ0v) is 48.9. The molecule has 0 spiro atoms. The fourth-order valence-corrected chi connectivity index (χ4v) is 11.4. The van der Waals surface area contributed by atoms with Gasteiger partial charge < -0.3 is 30.4 Å². The van der Waals surface area contributed by atoms with Gasteiger partial charge in [-0.3, -0.25) is 4.79 Å². The molecule has 5 aromatic carbocycles. The number of phenolic OH excluding ortho intramolecular Hbond substituents is 2. The molecule has 0 fully saturated rings. The molecule has 2 aliphatic carbocycles. The minimum absolute atomic E-state index is 0.231. The number of ketones is 1. The summed E-state index contributed by atoms with van der Waals surface area (Å²) in [6, 6.07) is 36.6. The zero-order valence-electron chi connectivity index (χ0n) is 48.9. The lowest BCUT2D eigenvalue weighted by molar-refractivity contribution is -0.111. The zero-order chi connectivity index (χ0) is 56.6. The van der Waals surface area contributed by atoms with Crippen LogP contribution in [0.15, 0.2) is 150 Å². The maximum Gasteiger partial charge on any atom is 0.219 e. The van der Waals surface area contributed by atoms with Crippen molar-refractivity contribution in [3.63, 3.8) is 0 Å². The van der Waals surface area contributed by atoms with Gasteiger partial charge in [-0.2, -0.15) is 4.58 Å². The Hall–Kier alpha value is -6.80. The van der Waals surface area contributed by atoms with Crippen molar-refractivity contribution in [1.82, 2.24) is 4.58 Å². The fourth-order valence-electron chi connectivity index (χ4n) is 11.4. The molecule has 0 aromatic heterocycles. The Bertz CT molecular complexity index is 2750. The number of unbranched alkanes of at least 4 members (excludes halogenated alkanes) is 20. The second kappa shape index (κ2) is 31.8. The number of carbonyl (C=O) groups excluding carboxylic acids is 1. The van der Waals surface area contributed by atoms with E-state index in [0.29, 0.717) is 11.4 Å². The van der Waals surface area contributed by atoms with Crippen molar-refractivity contribution >= 4 is 45.5 Å². The summed E-state index contributed by atoms with van der Waals surface area (Å²) in [6.07, 6.45) is 36.4. The van der Waals surface area contributed by atoms with Gasteiger partial charge in [0.15, 0.2) is 0 Å². The summed E-state index contributed by atoms with van der Waals surface area (Å²) in [7, 11) is 0. The molecular weight excluding hydrogens is 989 g/mol. The van der Waals surface area contributed by atoms with Crippen molar-refractivity contribution in [2.45, 2.75) is 207 Å². The molecule has 8 nitrogen and oxygen atoms in total. The normalized spacial score (nSPS) is 13.4. The molecule has 0 radical (unpaired) electrons. The molecule has 0 heterocycles. The van der Waals surface area contributed by atoms with Crippen LogP contribution in [0.5, 0.6) is 11.5 Å². The van der Waals surface area contributed by atoms with Crippen LogP contribution < -0.4 is 9.48 Å². The van der Waals surface area contributed by atoms with E-state index < -0.39 is 34.6 Å². The number of hydrogen-bond acceptors (Lipinski definition) is 7. The number of aryl methyl sites for hydroxylation is 4. The molecule has 8 heteroatoms. The number of allylic oxidation sites excluding steroid dienone is 4. The van der Waals surface area contributed by atoms with Crippen LogP contribution in [0.3, 0.4) is 0 Å². The van der Waals surface area contributed by atoms with E-state index in [0.717, 1.165) is 74.1 Å². The second-order valence-corrected chi connectivity index (χ2v) is 22.6. The number of rotatable bonds is 34. The molecule has 0 aliphatic heterocycles. The third-order valence-corrected chi connectivity index (χ3v) is 16.2. The van der Waals surface area contributed by atoms with Gasteiger partial charge in [-0.05, 0) is 97.9 Å². The van der Waals surface area contributed by atoms with Gasteiger partial charge >= 0.3 is 0 Å². The SMILES string of the molecule is CCCCCCCCc1ccc(N(c2ccc(CCCCCCCC)cc2)c2cc(O)c(C3=C(O)C(=C4C(O)=CC(=[N+](c5ccc(CCCCCCCC)cc5)c5ccc(CCCCCCCC)cc5)C=C4O)C3=O)c(O)c2)cc1. The fraction of sp³-hybridized carbons (Fsp3) is 0.444. The molecule has 0 amide bonds. The number of aliphatic hydroxyl groups excluding tert-OH is 3. The van der Waals surface area contributed by atoms with Gasteiger partial charge in [0.1, 0.15) is 28.8 Å². The van der Waals surface area contributed by atoms with Crippen LogP contribution in [0.1, 0.15) is 210 Å². The average Bonchev–Trinajstić information content (AvgIpc) is 3.66. The van der Waals surface area contributed by atoms with Gasteiger partial charge in [0.2, 0.25) is 22.9 Å². The van der Waals surface area contributed by atoms with Crippen LogP contribution in [-0.4, -0.2) is 37.0 Å². The summed E-state index contributed by atoms with van der Waals surface area (Å²) in [5, 5.41) is 58.9. The number of carbonyl (C=O) groups is 1. The molecule has 0 saturated carbocycles. The lowest BCUT2D eigenvalue weighted by Gasteiger charge is -2.29. The third kappa shape index (κ3) is 16.6. The van der Waals surface area contributed by atoms with Crippen LogP contribution >= 0.6 is 0 Å². The first-order valence-electron chi connectivity index (χ1n) is 31.0. The summed E-state index contributed by atoms with van der Waals surface area (Å²) >= 11 is 0. The van der Waals surface area contributed by atoms with Crippen LogP contribution in [0.25, 0.3) is 5.57 Å². The van der Waals surface area contributed by atoms with E-state index in [1.807, 2.05) is 9.48 Å². The molecule has 0 unspecified atom stereocenters. The van der Waals surface area contributed by atoms with E-state index in [1.165, 1.54) is 175 Å². The maximum absolute atomic E-state index is 14.3. The molecule has 5 N–H and O–H groups in total. The molecule has 0 bridgehead atoms. The van der Waals surface area contributed by atoms with E-state index in [-0.39, 0.29) is 22.3 Å². The minimum atomic E-state index is -0.739. The summed E-state index contributed by atoms with van der Waals surface area (Å²) in [5.41, 5.74) is 8.15. The number of aliphatic hydroxyl groups is 3. The predicted octanol–water partition coefficient (Wildman–Crippen LogP) is 20.2. The van der Waals surface area contributed by atoms with Crippen molar-refractivity contribution in [3.8, 4) is 11.5 Å². The number of nitrogens with zero attached hydrogens (tertiary/aromatic N) is 2. The Morgan fingerprint density at radius 3 is 1.00 bits per heavy atom. The Labute approximate surface area is 479 Å². The average molecular weight is 1080 g/mol. The van der Waals surface area contributed by atoms with E-state index in [4.69, 9.17) is 0 Å². The number of Topliss-reactive ketones (excluding diaryl/α,β-unsaturated/α-hetero) is 1. The first-order chi connectivity index (χ1) is 39.1. The Balaban J connectivity index is 1.17. The molecule has 0 atom stereocenters. The summed E-state index contributed by atoms with van der Waals surface area (Å²) < 4.78 is 1.97. The smallest absolute Gasteiger partial charge is 0.219 e.